The highest BCUT2D eigenvalue weighted by molar-refractivity contribution is 5.88. The molecule has 0 saturated heterocycles. The molecule has 0 aliphatic carbocycles. The molecule has 1 amide bonds. The lowest BCUT2D eigenvalue weighted by molar-refractivity contribution is -0.121. The van der Waals surface area contributed by atoms with Crippen LogP contribution in [0.3, 0.4) is 0 Å². The fourth-order valence-electron chi connectivity index (χ4n) is 5.12. The first-order valence-electron chi connectivity index (χ1n) is 12.8. The molecule has 5 aromatic rings. The Morgan fingerprint density at radius 1 is 0.811 bits per heavy atom. The first-order valence-corrected chi connectivity index (χ1v) is 12.8. The molecule has 5 rings (SSSR count). The zero-order valence-corrected chi connectivity index (χ0v) is 21.3. The number of nitrogens with one attached hydrogen (secondary N) is 2. The Bertz CT molecular complexity index is 1420. The second-order valence-electron chi connectivity index (χ2n) is 9.29. The molecule has 1 atom stereocenters. The van der Waals surface area contributed by atoms with Gasteiger partial charge in [-0.05, 0) is 46.4 Å². The highest BCUT2D eigenvalue weighted by Gasteiger charge is 2.24. The SMILES string of the molecule is CCc1cccc2c(C(CC(=O)NC(c3ccccc3)c3ccccc3)c3ccc(OC)cc3)c[nH]c12. The number of carbonyl (C=O) groups is 1. The average Bonchev–Trinajstić information content (AvgIpc) is 3.40. The van der Waals surface area contributed by atoms with Crippen LogP contribution in [0.4, 0.5) is 0 Å². The first kappa shape index (κ1) is 24.4. The molecule has 1 unspecified atom stereocenters. The van der Waals surface area contributed by atoms with E-state index in [-0.39, 0.29) is 17.9 Å². The number of benzene rings is 4. The minimum atomic E-state index is -0.221. The summed E-state index contributed by atoms with van der Waals surface area (Å²) in [7, 11) is 1.67. The number of hydrogen-bond donors (Lipinski definition) is 2. The summed E-state index contributed by atoms with van der Waals surface area (Å²) in [6.07, 6.45) is 3.34. The zero-order chi connectivity index (χ0) is 25.6. The standard InChI is InChI=1S/C33H32N2O2/c1-3-23-15-10-16-28-30(22-34-33(23)28)29(24-17-19-27(37-2)20-18-24)21-31(36)35-32(25-11-6-4-7-12-25)26-13-8-5-9-14-26/h4-20,22,29,32,34H,3,21H2,1-2H3,(H,35,36). The summed E-state index contributed by atoms with van der Waals surface area (Å²) >= 11 is 0. The molecular weight excluding hydrogens is 456 g/mol. The van der Waals surface area contributed by atoms with Crippen molar-refractivity contribution in [1.82, 2.24) is 10.3 Å². The second-order valence-corrected chi connectivity index (χ2v) is 9.29. The van der Waals surface area contributed by atoms with Gasteiger partial charge in [-0.3, -0.25) is 4.79 Å². The summed E-state index contributed by atoms with van der Waals surface area (Å²) < 4.78 is 5.39. The highest BCUT2D eigenvalue weighted by atomic mass is 16.5. The van der Waals surface area contributed by atoms with Crippen LogP contribution in [0.15, 0.2) is 109 Å². The number of methoxy groups -OCH3 is 1. The van der Waals surface area contributed by atoms with E-state index in [9.17, 15) is 4.79 Å². The van der Waals surface area contributed by atoms with Crippen molar-refractivity contribution in [2.24, 2.45) is 0 Å². The highest BCUT2D eigenvalue weighted by Crippen LogP contribution is 2.35. The summed E-state index contributed by atoms with van der Waals surface area (Å²) in [5, 5.41) is 4.49. The number of fused-ring (bicyclic) bond motifs is 1. The summed E-state index contributed by atoms with van der Waals surface area (Å²) in [4.78, 5) is 17.2. The summed E-state index contributed by atoms with van der Waals surface area (Å²) in [6, 6.07) is 34.5. The predicted octanol–water partition coefficient (Wildman–Crippen LogP) is 7.17. The number of hydrogen-bond acceptors (Lipinski definition) is 2. The van der Waals surface area contributed by atoms with Gasteiger partial charge in [0.15, 0.2) is 0 Å². The molecule has 2 N–H and O–H groups in total. The molecule has 0 radical (unpaired) electrons. The molecule has 186 valence electrons. The molecule has 4 aromatic carbocycles. The summed E-state index contributed by atoms with van der Waals surface area (Å²) in [6.45, 7) is 2.16. The maximum absolute atomic E-state index is 13.7. The topological polar surface area (TPSA) is 54.1 Å². The first-order chi connectivity index (χ1) is 18.2. The lowest BCUT2D eigenvalue weighted by Gasteiger charge is -2.23. The van der Waals surface area contributed by atoms with Gasteiger partial charge in [0.25, 0.3) is 0 Å². The third kappa shape index (κ3) is 5.29. The molecule has 0 saturated carbocycles. The number of aromatic nitrogens is 1. The van der Waals surface area contributed by atoms with Crippen LogP contribution in [-0.2, 0) is 11.2 Å². The van der Waals surface area contributed by atoms with Crippen molar-refractivity contribution < 1.29 is 9.53 Å². The molecule has 1 heterocycles. The van der Waals surface area contributed by atoms with E-state index in [0.29, 0.717) is 6.42 Å². The third-order valence-electron chi connectivity index (χ3n) is 7.07. The number of ether oxygens (including phenoxy) is 1. The van der Waals surface area contributed by atoms with Gasteiger partial charge in [-0.15, -0.1) is 0 Å². The van der Waals surface area contributed by atoms with Crippen LogP contribution in [0.25, 0.3) is 10.9 Å². The maximum atomic E-state index is 13.7. The summed E-state index contributed by atoms with van der Waals surface area (Å²) in [5.74, 6) is 0.686. The van der Waals surface area contributed by atoms with E-state index in [1.165, 1.54) is 5.56 Å². The second kappa shape index (κ2) is 11.2. The van der Waals surface area contributed by atoms with Crippen LogP contribution in [0.1, 0.15) is 53.1 Å². The van der Waals surface area contributed by atoms with Gasteiger partial charge >= 0.3 is 0 Å². The number of carbonyl (C=O) groups excluding carboxylic acids is 1. The van der Waals surface area contributed by atoms with E-state index in [2.05, 4.69) is 78.0 Å². The van der Waals surface area contributed by atoms with Crippen LogP contribution in [0, 0.1) is 0 Å². The van der Waals surface area contributed by atoms with Crippen molar-refractivity contribution in [3.8, 4) is 5.75 Å². The Kier molecular flexibility index (Phi) is 7.36. The molecule has 0 aliphatic rings. The lowest BCUT2D eigenvalue weighted by Crippen LogP contribution is -2.30. The minimum Gasteiger partial charge on any atom is -0.497 e. The Balaban J connectivity index is 1.50. The molecule has 4 nitrogen and oxygen atoms in total. The Morgan fingerprint density at radius 2 is 1.46 bits per heavy atom. The van der Waals surface area contributed by atoms with Crippen LogP contribution in [-0.4, -0.2) is 18.0 Å². The Hall–Kier alpha value is -4.31. The van der Waals surface area contributed by atoms with Crippen molar-refractivity contribution in [2.45, 2.75) is 31.7 Å². The fraction of sp³-hybridized carbons (Fsp3) is 0.182. The number of amides is 1. The average molecular weight is 489 g/mol. The van der Waals surface area contributed by atoms with Crippen LogP contribution in [0.5, 0.6) is 5.75 Å². The van der Waals surface area contributed by atoms with Gasteiger partial charge in [-0.25, -0.2) is 0 Å². The van der Waals surface area contributed by atoms with E-state index in [1.54, 1.807) is 7.11 Å². The molecule has 0 fully saturated rings. The predicted molar refractivity (Wildman–Crippen MR) is 150 cm³/mol. The number of rotatable bonds is 9. The third-order valence-corrected chi connectivity index (χ3v) is 7.07. The Morgan fingerprint density at radius 3 is 2.05 bits per heavy atom. The molecule has 4 heteroatoms. The van der Waals surface area contributed by atoms with Gasteiger partial charge in [0.1, 0.15) is 5.75 Å². The van der Waals surface area contributed by atoms with Crippen LogP contribution >= 0.6 is 0 Å². The smallest absolute Gasteiger partial charge is 0.221 e. The number of aromatic amines is 1. The lowest BCUT2D eigenvalue weighted by atomic mass is 9.87. The van der Waals surface area contributed by atoms with E-state index in [0.717, 1.165) is 45.3 Å². The van der Waals surface area contributed by atoms with E-state index in [1.807, 2.05) is 48.5 Å². The Labute approximate surface area is 218 Å². The van der Waals surface area contributed by atoms with Gasteiger partial charge in [0.2, 0.25) is 5.91 Å². The molecule has 1 aromatic heterocycles. The van der Waals surface area contributed by atoms with Gasteiger partial charge in [-0.2, -0.15) is 0 Å². The van der Waals surface area contributed by atoms with E-state index < -0.39 is 0 Å². The summed E-state index contributed by atoms with van der Waals surface area (Å²) in [5.41, 5.74) is 6.74. The van der Waals surface area contributed by atoms with E-state index in [4.69, 9.17) is 4.74 Å². The van der Waals surface area contributed by atoms with Crippen molar-refractivity contribution in [3.63, 3.8) is 0 Å². The molecular formula is C33H32N2O2. The normalized spacial score (nSPS) is 12.0. The van der Waals surface area contributed by atoms with Gasteiger partial charge < -0.3 is 15.0 Å². The number of para-hydroxylation sites is 1. The van der Waals surface area contributed by atoms with Gasteiger partial charge in [0, 0.05) is 29.4 Å². The fourth-order valence-corrected chi connectivity index (χ4v) is 5.12. The zero-order valence-electron chi connectivity index (χ0n) is 21.3. The molecule has 0 bridgehead atoms. The van der Waals surface area contributed by atoms with Crippen molar-refractivity contribution >= 4 is 16.8 Å². The largest absolute Gasteiger partial charge is 0.497 e. The molecule has 0 aliphatic heterocycles. The maximum Gasteiger partial charge on any atom is 0.221 e. The van der Waals surface area contributed by atoms with E-state index >= 15 is 0 Å². The quantitative estimate of drug-likeness (QED) is 0.231. The van der Waals surface area contributed by atoms with Crippen molar-refractivity contribution in [2.75, 3.05) is 7.11 Å². The van der Waals surface area contributed by atoms with Gasteiger partial charge in [0.05, 0.1) is 13.2 Å². The minimum absolute atomic E-state index is 0.000444. The van der Waals surface area contributed by atoms with Crippen molar-refractivity contribution in [1.29, 1.82) is 0 Å². The van der Waals surface area contributed by atoms with Gasteiger partial charge in [-0.1, -0.05) is 97.9 Å². The number of H-pyrrole nitrogens is 1. The monoisotopic (exact) mass is 488 g/mol. The van der Waals surface area contributed by atoms with Crippen LogP contribution < -0.4 is 10.1 Å². The molecule has 0 spiro atoms. The van der Waals surface area contributed by atoms with Crippen molar-refractivity contribution in [3.05, 3.63) is 137 Å². The van der Waals surface area contributed by atoms with Crippen LogP contribution in [0.2, 0.25) is 0 Å². The molecule has 37 heavy (non-hydrogen) atoms. The number of aryl methyl sites for hydroxylation is 1.